The molecule has 2 nitrogen and oxygen atoms in total. The number of rotatable bonds is 1. The Morgan fingerprint density at radius 3 is 2.33 bits per heavy atom. The van der Waals surface area contributed by atoms with Gasteiger partial charge < -0.3 is 4.90 Å². The van der Waals surface area contributed by atoms with Crippen LogP contribution in [0.1, 0.15) is 13.3 Å². The van der Waals surface area contributed by atoms with Crippen molar-refractivity contribution in [3.05, 3.63) is 28.2 Å². The van der Waals surface area contributed by atoms with E-state index in [2.05, 4.69) is 6.92 Å². The summed E-state index contributed by atoms with van der Waals surface area (Å²) in [4.78, 5) is 13.4. The maximum Gasteiger partial charge on any atom is 0.227 e. The number of carbonyl (C=O) groups excluding carboxylic acids is 1. The Balaban J connectivity index is 2.33. The number of carbonyl (C=O) groups is 1. The van der Waals surface area contributed by atoms with Crippen molar-refractivity contribution in [1.29, 1.82) is 0 Å². The van der Waals surface area contributed by atoms with E-state index < -0.39 is 0 Å². The summed E-state index contributed by atoms with van der Waals surface area (Å²) in [6.07, 6.45) is 0.601. The molecule has 0 bridgehead atoms. The third-order valence-electron chi connectivity index (χ3n) is 2.48. The van der Waals surface area contributed by atoms with E-state index in [1.807, 2.05) is 0 Å². The van der Waals surface area contributed by atoms with Crippen molar-refractivity contribution < 1.29 is 4.79 Å². The first-order valence-electron chi connectivity index (χ1n) is 4.82. The van der Waals surface area contributed by atoms with Crippen molar-refractivity contribution in [2.24, 2.45) is 5.92 Å². The fourth-order valence-electron chi connectivity index (χ4n) is 1.83. The first-order chi connectivity index (χ1) is 7.06. The predicted molar refractivity (Wildman–Crippen MR) is 62.6 cm³/mol. The van der Waals surface area contributed by atoms with Gasteiger partial charge in [0.25, 0.3) is 0 Å². The molecule has 1 aromatic carbocycles. The summed E-state index contributed by atoms with van der Waals surface area (Å²) in [6, 6.07) is 5.20. The van der Waals surface area contributed by atoms with Crippen LogP contribution in [0.25, 0.3) is 0 Å². The Hall–Kier alpha value is -0.730. The molecule has 80 valence electrons. The summed E-state index contributed by atoms with van der Waals surface area (Å²) in [5, 5.41) is 1.12. The average Bonchev–Trinajstić information content (AvgIpc) is 2.43. The number of hydrogen-bond donors (Lipinski definition) is 0. The van der Waals surface area contributed by atoms with Crippen LogP contribution in [-0.2, 0) is 4.79 Å². The monoisotopic (exact) mass is 243 g/mol. The third-order valence-corrected chi connectivity index (χ3v) is 2.91. The molecule has 1 aliphatic heterocycles. The molecule has 4 heteroatoms. The quantitative estimate of drug-likeness (QED) is 0.741. The van der Waals surface area contributed by atoms with Crippen LogP contribution in [0.2, 0.25) is 10.0 Å². The Bertz CT molecular complexity index is 385. The molecule has 1 amide bonds. The minimum atomic E-state index is 0.140. The van der Waals surface area contributed by atoms with Gasteiger partial charge in [-0.05, 0) is 24.1 Å². The molecule has 15 heavy (non-hydrogen) atoms. The van der Waals surface area contributed by atoms with Crippen molar-refractivity contribution in [2.75, 3.05) is 11.4 Å². The van der Waals surface area contributed by atoms with Gasteiger partial charge in [0.05, 0.1) is 0 Å². The molecule has 0 aromatic heterocycles. The van der Waals surface area contributed by atoms with Crippen LogP contribution in [0.3, 0.4) is 0 Å². The molecule has 1 heterocycles. The lowest BCUT2D eigenvalue weighted by Gasteiger charge is -2.16. The molecular formula is C11H11Cl2NO. The smallest absolute Gasteiger partial charge is 0.227 e. The summed E-state index contributed by atoms with van der Waals surface area (Å²) in [7, 11) is 0. The predicted octanol–water partition coefficient (Wildman–Crippen LogP) is 3.37. The topological polar surface area (TPSA) is 20.3 Å². The van der Waals surface area contributed by atoms with Crippen LogP contribution >= 0.6 is 23.2 Å². The molecule has 0 N–H and O–H groups in total. The maximum atomic E-state index is 11.6. The van der Waals surface area contributed by atoms with Crippen molar-refractivity contribution >= 4 is 34.8 Å². The first kappa shape index (κ1) is 10.8. The van der Waals surface area contributed by atoms with Gasteiger partial charge in [0.2, 0.25) is 5.91 Å². The highest BCUT2D eigenvalue weighted by Gasteiger charge is 2.27. The van der Waals surface area contributed by atoms with Crippen LogP contribution in [0.15, 0.2) is 18.2 Å². The molecule has 0 aliphatic carbocycles. The highest BCUT2D eigenvalue weighted by molar-refractivity contribution is 6.35. The highest BCUT2D eigenvalue weighted by Crippen LogP contribution is 2.29. The van der Waals surface area contributed by atoms with E-state index in [1.54, 1.807) is 23.1 Å². The van der Waals surface area contributed by atoms with E-state index in [9.17, 15) is 4.79 Å². The summed E-state index contributed by atoms with van der Waals surface area (Å²) in [5.41, 5.74) is 0.793. The van der Waals surface area contributed by atoms with E-state index in [0.29, 0.717) is 22.4 Å². The Morgan fingerprint density at radius 2 is 1.87 bits per heavy atom. The third kappa shape index (κ3) is 2.27. The largest absolute Gasteiger partial charge is 0.312 e. The van der Waals surface area contributed by atoms with Crippen LogP contribution < -0.4 is 4.90 Å². The number of halogens is 2. The molecule has 0 radical (unpaired) electrons. The van der Waals surface area contributed by atoms with Crippen molar-refractivity contribution in [1.82, 2.24) is 0 Å². The second-order valence-corrected chi connectivity index (χ2v) is 4.81. The standard InChI is InChI=1S/C11H11Cl2NO/c1-7-2-11(15)14(6-7)10-4-8(12)3-9(13)5-10/h3-5,7H,2,6H2,1H3. The van der Waals surface area contributed by atoms with E-state index in [0.717, 1.165) is 12.2 Å². The van der Waals surface area contributed by atoms with E-state index in [4.69, 9.17) is 23.2 Å². The van der Waals surface area contributed by atoms with Gasteiger partial charge in [-0.25, -0.2) is 0 Å². The van der Waals surface area contributed by atoms with Gasteiger partial charge in [-0.2, -0.15) is 0 Å². The number of amides is 1. The molecule has 0 saturated carbocycles. The van der Waals surface area contributed by atoms with Gasteiger partial charge in [0, 0.05) is 28.7 Å². The van der Waals surface area contributed by atoms with Gasteiger partial charge in [-0.15, -0.1) is 0 Å². The maximum absolute atomic E-state index is 11.6. The Morgan fingerprint density at radius 1 is 1.27 bits per heavy atom. The summed E-state index contributed by atoms with van der Waals surface area (Å²) < 4.78 is 0. The molecule has 1 saturated heterocycles. The van der Waals surface area contributed by atoms with E-state index in [1.165, 1.54) is 0 Å². The number of anilines is 1. The molecule has 1 aromatic rings. The molecule has 2 rings (SSSR count). The molecule has 0 spiro atoms. The van der Waals surface area contributed by atoms with Crippen LogP contribution in [-0.4, -0.2) is 12.5 Å². The van der Waals surface area contributed by atoms with Gasteiger partial charge in [-0.3, -0.25) is 4.79 Å². The lowest BCUT2D eigenvalue weighted by Crippen LogP contribution is -2.24. The minimum Gasteiger partial charge on any atom is -0.312 e. The molecule has 1 atom stereocenters. The van der Waals surface area contributed by atoms with Gasteiger partial charge in [0.1, 0.15) is 0 Å². The summed E-state index contributed by atoms with van der Waals surface area (Å²) >= 11 is 11.8. The van der Waals surface area contributed by atoms with Crippen LogP contribution in [0.4, 0.5) is 5.69 Å². The van der Waals surface area contributed by atoms with Crippen molar-refractivity contribution in [3.63, 3.8) is 0 Å². The Kier molecular flexibility index (Phi) is 2.89. The number of nitrogens with zero attached hydrogens (tertiary/aromatic N) is 1. The molecule has 1 aliphatic rings. The van der Waals surface area contributed by atoms with Crippen molar-refractivity contribution in [3.8, 4) is 0 Å². The molecule has 1 unspecified atom stereocenters. The van der Waals surface area contributed by atoms with E-state index >= 15 is 0 Å². The first-order valence-corrected chi connectivity index (χ1v) is 5.58. The summed E-state index contributed by atoms with van der Waals surface area (Å²) in [6.45, 7) is 2.81. The lowest BCUT2D eigenvalue weighted by molar-refractivity contribution is -0.117. The van der Waals surface area contributed by atoms with E-state index in [-0.39, 0.29) is 5.91 Å². The van der Waals surface area contributed by atoms with Crippen LogP contribution in [0.5, 0.6) is 0 Å². The lowest BCUT2D eigenvalue weighted by atomic mass is 10.2. The fourth-order valence-corrected chi connectivity index (χ4v) is 2.35. The zero-order valence-corrected chi connectivity index (χ0v) is 9.85. The summed E-state index contributed by atoms with van der Waals surface area (Å²) in [5.74, 6) is 0.538. The second kappa shape index (κ2) is 4.03. The van der Waals surface area contributed by atoms with Gasteiger partial charge >= 0.3 is 0 Å². The highest BCUT2D eigenvalue weighted by atomic mass is 35.5. The Labute approximate surface area is 98.8 Å². The number of benzene rings is 1. The van der Waals surface area contributed by atoms with Crippen molar-refractivity contribution in [2.45, 2.75) is 13.3 Å². The molecular weight excluding hydrogens is 233 g/mol. The van der Waals surface area contributed by atoms with Crippen LogP contribution in [0, 0.1) is 5.92 Å². The number of hydrogen-bond acceptors (Lipinski definition) is 1. The SMILES string of the molecule is CC1CC(=O)N(c2cc(Cl)cc(Cl)c2)C1. The minimum absolute atomic E-state index is 0.140. The fraction of sp³-hybridized carbons (Fsp3) is 0.364. The average molecular weight is 244 g/mol. The van der Waals surface area contributed by atoms with Gasteiger partial charge in [0.15, 0.2) is 0 Å². The van der Waals surface area contributed by atoms with Gasteiger partial charge in [-0.1, -0.05) is 30.1 Å². The normalized spacial score (nSPS) is 21.1. The zero-order valence-electron chi connectivity index (χ0n) is 8.34. The molecule has 1 fully saturated rings. The second-order valence-electron chi connectivity index (χ2n) is 3.94. The zero-order chi connectivity index (χ0) is 11.0.